The largest absolute Gasteiger partial charge is 0.508 e. The van der Waals surface area contributed by atoms with E-state index in [0.29, 0.717) is 55.8 Å². The molecule has 1 spiro atoms. The highest BCUT2D eigenvalue weighted by Gasteiger charge is 2.54. The van der Waals surface area contributed by atoms with E-state index in [1.54, 1.807) is 49.6 Å². The number of ether oxygens (including phenoxy) is 3. The van der Waals surface area contributed by atoms with Gasteiger partial charge in [0.2, 0.25) is 11.8 Å². The quantitative estimate of drug-likeness (QED) is 0.218. The van der Waals surface area contributed by atoms with Crippen molar-refractivity contribution in [2.24, 2.45) is 23.3 Å². The van der Waals surface area contributed by atoms with Crippen LogP contribution in [0.5, 0.6) is 28.7 Å². The standard InChI is InChI=1S/C18H18BrNO4.C18H20BrNO4/c1-23-13-7-12(19)11-3-2-9(17(20)22)8-18-5-4-10(21)6-14(18)24-16(13)15(11)18;1-24-17-10-15(19)12(9-16(17)22)4-5-13(18(20)23)8-11-2-6-14(21)7-3-11/h4-5,7,9,14H,2-3,6,8H2,1H3,(H2,20,22);2-3,6-7,9-10,13,21-22H,4-5,8H2,1H3,(H2,20,23). The highest BCUT2D eigenvalue weighted by atomic mass is 79.9. The lowest BCUT2D eigenvalue weighted by molar-refractivity contribution is -0.123. The molecule has 3 aromatic carbocycles. The number of aryl methyl sites for hydroxylation is 1. The van der Waals surface area contributed by atoms with E-state index in [9.17, 15) is 24.6 Å². The third-order valence-electron chi connectivity index (χ3n) is 9.43. The molecular weight excluding hydrogens is 748 g/mol. The summed E-state index contributed by atoms with van der Waals surface area (Å²) in [6, 6.07) is 12.0. The third-order valence-corrected chi connectivity index (χ3v) is 10.9. The molecule has 48 heavy (non-hydrogen) atoms. The van der Waals surface area contributed by atoms with Gasteiger partial charge in [-0.1, -0.05) is 50.1 Å². The molecule has 10 nitrogen and oxygen atoms in total. The number of primary amides is 2. The van der Waals surface area contributed by atoms with Crippen LogP contribution in [0.1, 0.15) is 47.9 Å². The van der Waals surface area contributed by atoms with Gasteiger partial charge in [-0.15, -0.1) is 0 Å². The van der Waals surface area contributed by atoms with Crippen LogP contribution in [0.15, 0.2) is 63.6 Å². The van der Waals surface area contributed by atoms with Gasteiger partial charge in [0, 0.05) is 32.8 Å². The average Bonchev–Trinajstić information content (AvgIpc) is 3.26. The van der Waals surface area contributed by atoms with Crippen LogP contribution < -0.4 is 25.7 Å². The average molecular weight is 787 g/mol. The van der Waals surface area contributed by atoms with Crippen LogP contribution in [0.2, 0.25) is 0 Å². The number of methoxy groups -OCH3 is 2. The molecule has 0 fully saturated rings. The Bertz CT molecular complexity index is 1760. The van der Waals surface area contributed by atoms with Crippen LogP contribution >= 0.6 is 31.9 Å². The van der Waals surface area contributed by atoms with Crippen LogP contribution in [0.4, 0.5) is 0 Å². The van der Waals surface area contributed by atoms with Crippen molar-refractivity contribution in [3.8, 4) is 28.7 Å². The predicted molar refractivity (Wildman–Crippen MR) is 186 cm³/mol. The Hall–Kier alpha value is -4.03. The summed E-state index contributed by atoms with van der Waals surface area (Å²) in [5.41, 5.74) is 14.7. The zero-order valence-electron chi connectivity index (χ0n) is 26.6. The summed E-state index contributed by atoms with van der Waals surface area (Å²) in [5, 5.41) is 19.2. The number of phenols is 2. The summed E-state index contributed by atoms with van der Waals surface area (Å²) in [7, 11) is 3.09. The lowest BCUT2D eigenvalue weighted by Crippen LogP contribution is -2.43. The normalized spacial score (nSPS) is 21.0. The van der Waals surface area contributed by atoms with E-state index in [1.165, 1.54) is 7.11 Å². The van der Waals surface area contributed by atoms with E-state index in [1.807, 2.05) is 12.1 Å². The van der Waals surface area contributed by atoms with Gasteiger partial charge in [0.05, 0.1) is 19.6 Å². The Morgan fingerprint density at radius 3 is 2.38 bits per heavy atom. The highest BCUT2D eigenvalue weighted by molar-refractivity contribution is 9.10. The molecule has 3 aliphatic rings. The van der Waals surface area contributed by atoms with Crippen LogP contribution in [-0.4, -0.2) is 48.1 Å². The van der Waals surface area contributed by atoms with Gasteiger partial charge in [-0.2, -0.15) is 0 Å². The fourth-order valence-electron chi connectivity index (χ4n) is 6.87. The first-order valence-corrected chi connectivity index (χ1v) is 17.2. The van der Waals surface area contributed by atoms with Gasteiger partial charge in [0.1, 0.15) is 11.9 Å². The maximum absolute atomic E-state index is 11.9. The lowest BCUT2D eigenvalue weighted by Gasteiger charge is -2.35. The second-order valence-corrected chi connectivity index (χ2v) is 14.1. The van der Waals surface area contributed by atoms with Crippen molar-refractivity contribution in [1.29, 1.82) is 0 Å². The molecule has 6 rings (SSSR count). The minimum atomic E-state index is -0.494. The molecule has 0 bridgehead atoms. The smallest absolute Gasteiger partial charge is 0.220 e. The number of phenolic OH excluding ortho intramolecular Hbond substituents is 2. The Morgan fingerprint density at radius 1 is 1.04 bits per heavy atom. The van der Waals surface area contributed by atoms with Crippen LogP contribution in [0.25, 0.3) is 0 Å². The number of carbonyl (C=O) groups excluding carboxylic acids is 3. The van der Waals surface area contributed by atoms with E-state index < -0.39 is 5.41 Å². The number of aromatic hydroxyl groups is 2. The number of halogens is 2. The van der Waals surface area contributed by atoms with Crippen molar-refractivity contribution in [3.63, 3.8) is 0 Å². The predicted octanol–water partition coefficient (Wildman–Crippen LogP) is 5.57. The Morgan fingerprint density at radius 2 is 1.73 bits per heavy atom. The molecule has 1 aliphatic heterocycles. The fourth-order valence-corrected chi connectivity index (χ4v) is 8.00. The van der Waals surface area contributed by atoms with Crippen molar-refractivity contribution in [3.05, 3.63) is 85.8 Å². The van der Waals surface area contributed by atoms with E-state index in [4.69, 9.17) is 25.7 Å². The number of allylic oxidation sites excluding steroid dienone is 1. The second kappa shape index (κ2) is 14.6. The second-order valence-electron chi connectivity index (χ2n) is 12.4. The van der Waals surface area contributed by atoms with Gasteiger partial charge < -0.3 is 35.9 Å². The number of hydrogen-bond acceptors (Lipinski definition) is 8. The summed E-state index contributed by atoms with van der Waals surface area (Å²) in [4.78, 5) is 35.6. The third kappa shape index (κ3) is 7.19. The van der Waals surface area contributed by atoms with Crippen LogP contribution in [0.3, 0.4) is 0 Å². The molecule has 4 atom stereocenters. The van der Waals surface area contributed by atoms with Crippen molar-refractivity contribution in [2.45, 2.75) is 56.5 Å². The molecule has 4 unspecified atom stereocenters. The van der Waals surface area contributed by atoms with Gasteiger partial charge in [-0.05, 0) is 91.6 Å². The molecule has 6 N–H and O–H groups in total. The lowest BCUT2D eigenvalue weighted by atomic mass is 9.67. The molecule has 0 saturated carbocycles. The molecule has 3 aromatic rings. The van der Waals surface area contributed by atoms with E-state index in [0.717, 1.165) is 37.6 Å². The first kappa shape index (κ1) is 35.3. The molecule has 0 aromatic heterocycles. The molecule has 254 valence electrons. The molecular formula is C36H38Br2N2O8. The summed E-state index contributed by atoms with van der Waals surface area (Å²) in [6.45, 7) is 0. The molecule has 2 amide bonds. The summed E-state index contributed by atoms with van der Waals surface area (Å²) < 4.78 is 18.5. The number of nitrogens with two attached hydrogens (primary N) is 2. The maximum atomic E-state index is 11.9. The summed E-state index contributed by atoms with van der Waals surface area (Å²) in [6.07, 6.45) is 7.18. The number of carbonyl (C=O) groups is 3. The highest BCUT2D eigenvalue weighted by Crippen LogP contribution is 2.58. The van der Waals surface area contributed by atoms with Crippen molar-refractivity contribution in [2.75, 3.05) is 14.2 Å². The minimum Gasteiger partial charge on any atom is -0.508 e. The fraction of sp³-hybridized carbons (Fsp3) is 0.361. The number of benzene rings is 3. The van der Waals surface area contributed by atoms with Crippen molar-refractivity contribution < 1.29 is 38.8 Å². The van der Waals surface area contributed by atoms with Gasteiger partial charge in [-0.3, -0.25) is 14.4 Å². The van der Waals surface area contributed by atoms with Gasteiger partial charge in [0.15, 0.2) is 28.8 Å². The monoisotopic (exact) mass is 784 g/mol. The van der Waals surface area contributed by atoms with Crippen molar-refractivity contribution in [1.82, 2.24) is 0 Å². The van der Waals surface area contributed by atoms with Gasteiger partial charge in [-0.25, -0.2) is 0 Å². The van der Waals surface area contributed by atoms with E-state index in [-0.39, 0.29) is 47.0 Å². The zero-order valence-corrected chi connectivity index (χ0v) is 29.8. The summed E-state index contributed by atoms with van der Waals surface area (Å²) in [5.74, 6) is 0.791. The van der Waals surface area contributed by atoms with Crippen LogP contribution in [-0.2, 0) is 39.1 Å². The van der Waals surface area contributed by atoms with E-state index >= 15 is 0 Å². The molecule has 2 aliphatic carbocycles. The first-order valence-electron chi connectivity index (χ1n) is 15.6. The number of ketones is 1. The number of rotatable bonds is 9. The molecule has 0 radical (unpaired) electrons. The van der Waals surface area contributed by atoms with Gasteiger partial charge in [0.25, 0.3) is 0 Å². The molecule has 0 saturated heterocycles. The Kier molecular flexibility index (Phi) is 10.7. The summed E-state index contributed by atoms with van der Waals surface area (Å²) >= 11 is 7.09. The molecule has 12 heteroatoms. The van der Waals surface area contributed by atoms with Crippen LogP contribution in [0, 0.1) is 11.8 Å². The van der Waals surface area contributed by atoms with Gasteiger partial charge >= 0.3 is 0 Å². The minimum absolute atomic E-state index is 0.0397. The first-order chi connectivity index (χ1) is 22.9. The SMILES string of the molecule is COc1cc(Br)c(CCC(Cc2ccc(O)cc2)C(N)=O)cc1O.COc1cc(Br)c2c3c1OC1CC(=O)C=CC31CC(C(N)=O)CC2. The Balaban J connectivity index is 0.000000188. The van der Waals surface area contributed by atoms with Crippen molar-refractivity contribution >= 4 is 49.5 Å². The number of hydrogen-bond donors (Lipinski definition) is 4. The number of amides is 2. The molecule has 1 heterocycles. The maximum Gasteiger partial charge on any atom is 0.220 e. The Labute approximate surface area is 295 Å². The van der Waals surface area contributed by atoms with E-state index in [2.05, 4.69) is 31.9 Å². The topological polar surface area (TPSA) is 171 Å². The zero-order chi connectivity index (χ0) is 34.7.